The van der Waals surface area contributed by atoms with Crippen LogP contribution in [0.15, 0.2) is 0 Å². The molecular weight excluding hydrogens is 255 g/mol. The first-order chi connectivity index (χ1) is 8.63. The van der Waals surface area contributed by atoms with Gasteiger partial charge in [0.05, 0.1) is 6.10 Å². The molecule has 19 heavy (non-hydrogen) atoms. The molecule has 2 nitrogen and oxygen atoms in total. The van der Waals surface area contributed by atoms with Crippen LogP contribution in [-0.2, 0) is 4.74 Å². The van der Waals surface area contributed by atoms with Crippen LogP contribution in [0, 0.1) is 11.3 Å². The Bertz CT molecular complexity index is 273. The lowest BCUT2D eigenvalue weighted by Crippen LogP contribution is -2.48. The summed E-state index contributed by atoms with van der Waals surface area (Å²) in [7, 11) is 0. The average molecular weight is 281 g/mol. The van der Waals surface area contributed by atoms with Crippen molar-refractivity contribution in [2.24, 2.45) is 11.3 Å². The molecule has 0 saturated heterocycles. The molecule has 1 saturated carbocycles. The Labute approximate surface area is 114 Å². The van der Waals surface area contributed by atoms with E-state index in [4.69, 9.17) is 4.74 Å². The molecule has 0 spiro atoms. The highest BCUT2D eigenvalue weighted by molar-refractivity contribution is 4.89. The SMILES string of the molecule is CCNC1CCC(C(C)(C)C)CC1OCC(F)(F)F. The van der Waals surface area contributed by atoms with E-state index >= 15 is 0 Å². The summed E-state index contributed by atoms with van der Waals surface area (Å²) in [4.78, 5) is 0. The fourth-order valence-electron chi connectivity index (χ4n) is 2.80. The number of hydrogen-bond acceptors (Lipinski definition) is 2. The van der Waals surface area contributed by atoms with Crippen LogP contribution in [0.5, 0.6) is 0 Å². The van der Waals surface area contributed by atoms with Gasteiger partial charge in [-0.2, -0.15) is 13.2 Å². The summed E-state index contributed by atoms with van der Waals surface area (Å²) in [5.41, 5.74) is 0.122. The van der Waals surface area contributed by atoms with Crippen LogP contribution in [-0.4, -0.2) is 31.5 Å². The molecule has 1 N–H and O–H groups in total. The molecule has 3 unspecified atom stereocenters. The summed E-state index contributed by atoms with van der Waals surface area (Å²) in [6, 6.07) is 0.0472. The van der Waals surface area contributed by atoms with Crippen molar-refractivity contribution < 1.29 is 17.9 Å². The number of halogens is 3. The second kappa shape index (κ2) is 6.44. The highest BCUT2D eigenvalue weighted by Gasteiger charge is 2.38. The van der Waals surface area contributed by atoms with Gasteiger partial charge < -0.3 is 10.1 Å². The van der Waals surface area contributed by atoms with Gasteiger partial charge in [0.2, 0.25) is 0 Å². The van der Waals surface area contributed by atoms with E-state index in [1.165, 1.54) is 0 Å². The molecule has 0 amide bonds. The van der Waals surface area contributed by atoms with Crippen LogP contribution < -0.4 is 5.32 Å². The lowest BCUT2D eigenvalue weighted by molar-refractivity contribution is -0.193. The van der Waals surface area contributed by atoms with Crippen LogP contribution in [0.3, 0.4) is 0 Å². The summed E-state index contributed by atoms with van der Waals surface area (Å²) < 4.78 is 42.1. The second-order valence-corrected chi connectivity index (χ2v) is 6.50. The van der Waals surface area contributed by atoms with Crippen LogP contribution >= 0.6 is 0 Å². The maximum absolute atomic E-state index is 12.3. The molecule has 0 radical (unpaired) electrons. The Balaban J connectivity index is 2.62. The molecule has 1 rings (SSSR count). The zero-order valence-corrected chi connectivity index (χ0v) is 12.3. The predicted molar refractivity (Wildman–Crippen MR) is 70.1 cm³/mol. The van der Waals surface area contributed by atoms with Gasteiger partial charge in [-0.3, -0.25) is 0 Å². The van der Waals surface area contributed by atoms with Crippen LogP contribution in [0.4, 0.5) is 13.2 Å². The Morgan fingerprint density at radius 3 is 2.26 bits per heavy atom. The van der Waals surface area contributed by atoms with E-state index in [9.17, 15) is 13.2 Å². The topological polar surface area (TPSA) is 21.3 Å². The minimum absolute atomic E-state index is 0.0472. The molecule has 0 aromatic rings. The second-order valence-electron chi connectivity index (χ2n) is 6.50. The van der Waals surface area contributed by atoms with Crippen LogP contribution in [0.25, 0.3) is 0 Å². The lowest BCUT2D eigenvalue weighted by atomic mass is 9.70. The summed E-state index contributed by atoms with van der Waals surface area (Å²) in [6.07, 6.45) is -1.94. The first-order valence-corrected chi connectivity index (χ1v) is 7.05. The maximum Gasteiger partial charge on any atom is 0.411 e. The molecule has 0 bridgehead atoms. The molecule has 0 aliphatic heterocycles. The van der Waals surface area contributed by atoms with Gasteiger partial charge in [-0.05, 0) is 37.1 Å². The van der Waals surface area contributed by atoms with Crippen molar-refractivity contribution >= 4 is 0 Å². The van der Waals surface area contributed by atoms with Gasteiger partial charge in [0.1, 0.15) is 6.61 Å². The van der Waals surface area contributed by atoms with Crippen molar-refractivity contribution in [1.82, 2.24) is 5.32 Å². The Kier molecular flexibility index (Phi) is 5.68. The van der Waals surface area contributed by atoms with Crippen molar-refractivity contribution in [3.05, 3.63) is 0 Å². The number of hydrogen-bond donors (Lipinski definition) is 1. The van der Waals surface area contributed by atoms with Gasteiger partial charge in [0, 0.05) is 6.04 Å². The molecular formula is C14H26F3NO. The monoisotopic (exact) mass is 281 g/mol. The molecule has 1 fully saturated rings. The maximum atomic E-state index is 12.3. The van der Waals surface area contributed by atoms with Gasteiger partial charge in [-0.15, -0.1) is 0 Å². The van der Waals surface area contributed by atoms with E-state index in [0.29, 0.717) is 12.3 Å². The molecule has 0 aromatic heterocycles. The van der Waals surface area contributed by atoms with E-state index in [-0.39, 0.29) is 17.6 Å². The summed E-state index contributed by atoms with van der Waals surface area (Å²) in [6.45, 7) is 8.02. The third-order valence-electron chi connectivity index (χ3n) is 3.94. The molecule has 1 aliphatic rings. The largest absolute Gasteiger partial charge is 0.411 e. The number of likely N-dealkylation sites (N-methyl/N-ethyl adjacent to an activating group) is 1. The van der Waals surface area contributed by atoms with Crippen LogP contribution in [0.2, 0.25) is 0 Å². The minimum atomic E-state index is -4.24. The highest BCUT2D eigenvalue weighted by Crippen LogP contribution is 2.39. The molecule has 114 valence electrons. The number of alkyl halides is 3. The fourth-order valence-corrected chi connectivity index (χ4v) is 2.80. The van der Waals surface area contributed by atoms with Gasteiger partial charge in [0.25, 0.3) is 0 Å². The quantitative estimate of drug-likeness (QED) is 0.847. The van der Waals surface area contributed by atoms with Crippen molar-refractivity contribution in [2.75, 3.05) is 13.2 Å². The highest BCUT2D eigenvalue weighted by atomic mass is 19.4. The van der Waals surface area contributed by atoms with E-state index in [0.717, 1.165) is 19.4 Å². The molecule has 0 heterocycles. The van der Waals surface area contributed by atoms with Crippen molar-refractivity contribution in [3.8, 4) is 0 Å². The predicted octanol–water partition coefficient (Wildman–Crippen LogP) is 3.76. The third-order valence-corrected chi connectivity index (χ3v) is 3.94. The molecule has 0 aromatic carbocycles. The normalized spacial score (nSPS) is 29.5. The Morgan fingerprint density at radius 2 is 1.79 bits per heavy atom. The average Bonchev–Trinajstić information content (AvgIpc) is 2.25. The first-order valence-electron chi connectivity index (χ1n) is 7.05. The fraction of sp³-hybridized carbons (Fsp3) is 1.00. The molecule has 3 atom stereocenters. The molecule has 1 aliphatic carbocycles. The van der Waals surface area contributed by atoms with E-state index in [1.807, 2.05) is 6.92 Å². The Morgan fingerprint density at radius 1 is 1.16 bits per heavy atom. The summed E-state index contributed by atoms with van der Waals surface area (Å²) in [5.74, 6) is 0.417. The van der Waals surface area contributed by atoms with Crippen molar-refractivity contribution in [2.45, 2.75) is 65.3 Å². The lowest BCUT2D eigenvalue weighted by Gasteiger charge is -2.42. The van der Waals surface area contributed by atoms with Gasteiger partial charge in [-0.1, -0.05) is 27.7 Å². The zero-order chi connectivity index (χ0) is 14.7. The zero-order valence-electron chi connectivity index (χ0n) is 12.3. The minimum Gasteiger partial charge on any atom is -0.367 e. The van der Waals surface area contributed by atoms with Gasteiger partial charge in [-0.25, -0.2) is 0 Å². The van der Waals surface area contributed by atoms with E-state index in [1.54, 1.807) is 0 Å². The number of nitrogens with one attached hydrogen (secondary N) is 1. The summed E-state index contributed by atoms with van der Waals surface area (Å²) >= 11 is 0. The van der Waals surface area contributed by atoms with Gasteiger partial charge >= 0.3 is 6.18 Å². The van der Waals surface area contributed by atoms with Gasteiger partial charge in [0.15, 0.2) is 0 Å². The van der Waals surface area contributed by atoms with Crippen molar-refractivity contribution in [1.29, 1.82) is 0 Å². The Hall–Kier alpha value is -0.290. The smallest absolute Gasteiger partial charge is 0.367 e. The number of ether oxygens (including phenoxy) is 1. The summed E-state index contributed by atoms with van der Waals surface area (Å²) in [5, 5.41) is 3.25. The van der Waals surface area contributed by atoms with E-state index in [2.05, 4.69) is 26.1 Å². The van der Waals surface area contributed by atoms with Crippen molar-refractivity contribution in [3.63, 3.8) is 0 Å². The molecule has 5 heteroatoms. The van der Waals surface area contributed by atoms with E-state index < -0.39 is 12.8 Å². The van der Waals surface area contributed by atoms with Crippen LogP contribution in [0.1, 0.15) is 47.0 Å². The third kappa shape index (κ3) is 5.69. The number of rotatable bonds is 4. The first kappa shape index (κ1) is 16.8. The standard InChI is InChI=1S/C14H26F3NO/c1-5-18-11-7-6-10(13(2,3)4)8-12(11)19-9-14(15,16)17/h10-12,18H,5-9H2,1-4H3.